The molecule has 1 N–H and O–H groups in total. The summed E-state index contributed by atoms with van der Waals surface area (Å²) in [4.78, 5) is 0. The Bertz CT molecular complexity index is 422. The highest BCUT2D eigenvalue weighted by molar-refractivity contribution is 5.32. The number of rotatable bonds is 3. The van der Waals surface area contributed by atoms with Gasteiger partial charge in [-0.15, -0.1) is 0 Å². The van der Waals surface area contributed by atoms with Gasteiger partial charge in [-0.25, -0.2) is 4.39 Å². The molecule has 1 saturated heterocycles. The van der Waals surface area contributed by atoms with Gasteiger partial charge in [0, 0.05) is 19.4 Å². The van der Waals surface area contributed by atoms with Crippen LogP contribution in [0.4, 0.5) is 4.39 Å². The summed E-state index contributed by atoms with van der Waals surface area (Å²) >= 11 is 0. The summed E-state index contributed by atoms with van der Waals surface area (Å²) in [5.74, 6) is -0.163. The molecule has 0 amide bonds. The van der Waals surface area contributed by atoms with Crippen LogP contribution in [0, 0.1) is 5.82 Å². The van der Waals surface area contributed by atoms with Crippen molar-refractivity contribution in [2.24, 2.45) is 0 Å². The van der Waals surface area contributed by atoms with E-state index in [4.69, 9.17) is 9.47 Å². The van der Waals surface area contributed by atoms with E-state index >= 15 is 0 Å². The molecule has 4 heteroatoms. The maximum absolute atomic E-state index is 14.0. The fourth-order valence-corrected chi connectivity index (χ4v) is 2.51. The summed E-state index contributed by atoms with van der Waals surface area (Å²) in [6.45, 7) is 2.44. The quantitative estimate of drug-likeness (QED) is 0.899. The molecule has 100 valence electrons. The third-order valence-electron chi connectivity index (χ3n) is 3.42. The summed E-state index contributed by atoms with van der Waals surface area (Å²) in [7, 11) is 1.44. The van der Waals surface area contributed by atoms with Crippen LogP contribution in [0.5, 0.6) is 5.75 Å². The smallest absolute Gasteiger partial charge is 0.168 e. The van der Waals surface area contributed by atoms with Gasteiger partial charge < -0.3 is 14.6 Å². The first-order valence-corrected chi connectivity index (χ1v) is 6.19. The van der Waals surface area contributed by atoms with Crippen LogP contribution in [-0.4, -0.2) is 30.5 Å². The van der Waals surface area contributed by atoms with E-state index in [9.17, 15) is 9.50 Å². The molecule has 1 heterocycles. The van der Waals surface area contributed by atoms with Gasteiger partial charge in [0.15, 0.2) is 11.6 Å². The summed E-state index contributed by atoms with van der Waals surface area (Å²) in [6.07, 6.45) is 1.37. The lowest BCUT2D eigenvalue weighted by Crippen LogP contribution is -2.41. The Morgan fingerprint density at radius 3 is 3.00 bits per heavy atom. The second-order valence-corrected chi connectivity index (χ2v) is 4.97. The Kier molecular flexibility index (Phi) is 3.88. The molecular weight excluding hydrogens is 235 g/mol. The number of aliphatic hydroxyl groups is 1. The summed E-state index contributed by atoms with van der Waals surface area (Å²) < 4.78 is 24.4. The van der Waals surface area contributed by atoms with Crippen LogP contribution in [0.3, 0.4) is 0 Å². The second kappa shape index (κ2) is 5.24. The molecule has 0 aliphatic carbocycles. The van der Waals surface area contributed by atoms with Gasteiger partial charge in [0.05, 0.1) is 18.8 Å². The Balaban J connectivity index is 2.18. The third-order valence-corrected chi connectivity index (χ3v) is 3.42. The Morgan fingerprint density at radius 1 is 1.56 bits per heavy atom. The Morgan fingerprint density at radius 2 is 2.33 bits per heavy atom. The van der Waals surface area contributed by atoms with Gasteiger partial charge in [-0.3, -0.25) is 0 Å². The maximum atomic E-state index is 14.0. The summed E-state index contributed by atoms with van der Waals surface area (Å²) in [5.41, 5.74) is -0.392. The molecule has 0 spiro atoms. The first-order chi connectivity index (χ1) is 8.54. The molecule has 1 aromatic rings. The van der Waals surface area contributed by atoms with E-state index in [1.165, 1.54) is 7.11 Å². The normalized spacial score (nSPS) is 28.1. The second-order valence-electron chi connectivity index (χ2n) is 4.97. The van der Waals surface area contributed by atoms with Gasteiger partial charge in [-0.1, -0.05) is 12.1 Å². The standard InChI is InChI=1S/C14H19FO3/c1-10-8-14(16,6-7-18-10)9-11-4-3-5-12(17-2)13(11)15/h3-5,10,16H,6-9H2,1-2H3. The van der Waals surface area contributed by atoms with Crippen LogP contribution in [0.25, 0.3) is 0 Å². The molecule has 2 rings (SSSR count). The zero-order valence-electron chi connectivity index (χ0n) is 10.8. The van der Waals surface area contributed by atoms with Crippen molar-refractivity contribution in [1.29, 1.82) is 0 Å². The molecule has 0 saturated carbocycles. The van der Waals surface area contributed by atoms with Crippen molar-refractivity contribution >= 4 is 0 Å². The van der Waals surface area contributed by atoms with Crippen LogP contribution >= 0.6 is 0 Å². The SMILES string of the molecule is COc1cccc(CC2(O)CCOC(C)C2)c1F. The molecule has 18 heavy (non-hydrogen) atoms. The highest BCUT2D eigenvalue weighted by Crippen LogP contribution is 2.31. The topological polar surface area (TPSA) is 38.7 Å². The lowest BCUT2D eigenvalue weighted by Gasteiger charge is -2.35. The van der Waals surface area contributed by atoms with E-state index in [2.05, 4.69) is 0 Å². The first-order valence-electron chi connectivity index (χ1n) is 6.19. The van der Waals surface area contributed by atoms with E-state index in [0.29, 0.717) is 31.4 Å². The average Bonchev–Trinajstić information content (AvgIpc) is 2.31. The molecule has 0 radical (unpaired) electrons. The minimum Gasteiger partial charge on any atom is -0.494 e. The molecular formula is C14H19FO3. The number of benzene rings is 1. The van der Waals surface area contributed by atoms with Gasteiger partial charge in [0.1, 0.15) is 0 Å². The van der Waals surface area contributed by atoms with Crippen LogP contribution in [0.1, 0.15) is 25.3 Å². The van der Waals surface area contributed by atoms with E-state index in [1.807, 2.05) is 6.92 Å². The van der Waals surface area contributed by atoms with Crippen molar-refractivity contribution in [2.75, 3.05) is 13.7 Å². The molecule has 1 aromatic carbocycles. The minimum absolute atomic E-state index is 0.0115. The van der Waals surface area contributed by atoms with Crippen LogP contribution in [0.2, 0.25) is 0 Å². The molecule has 3 nitrogen and oxygen atoms in total. The molecule has 1 aliphatic heterocycles. The Hall–Kier alpha value is -1.13. The van der Waals surface area contributed by atoms with Crippen molar-refractivity contribution in [3.05, 3.63) is 29.6 Å². The number of ether oxygens (including phenoxy) is 2. The monoisotopic (exact) mass is 254 g/mol. The predicted octanol–water partition coefficient (Wildman–Crippen LogP) is 2.31. The van der Waals surface area contributed by atoms with Gasteiger partial charge in [-0.05, 0) is 25.0 Å². The van der Waals surface area contributed by atoms with E-state index < -0.39 is 5.60 Å². The zero-order chi connectivity index (χ0) is 13.2. The number of halogens is 1. The highest BCUT2D eigenvalue weighted by atomic mass is 19.1. The zero-order valence-corrected chi connectivity index (χ0v) is 10.8. The molecule has 2 unspecified atom stereocenters. The largest absolute Gasteiger partial charge is 0.494 e. The lowest BCUT2D eigenvalue weighted by molar-refractivity contribution is -0.0964. The van der Waals surface area contributed by atoms with Gasteiger partial charge in [0.2, 0.25) is 0 Å². The number of hydrogen-bond donors (Lipinski definition) is 1. The molecule has 1 fully saturated rings. The van der Waals surface area contributed by atoms with Crippen LogP contribution in [0.15, 0.2) is 18.2 Å². The fraction of sp³-hybridized carbons (Fsp3) is 0.571. The van der Waals surface area contributed by atoms with Crippen molar-refractivity contribution in [3.63, 3.8) is 0 Å². The van der Waals surface area contributed by atoms with Gasteiger partial charge in [0.25, 0.3) is 0 Å². The van der Waals surface area contributed by atoms with E-state index in [0.717, 1.165) is 0 Å². The number of hydrogen-bond acceptors (Lipinski definition) is 3. The lowest BCUT2D eigenvalue weighted by atomic mass is 9.85. The number of methoxy groups -OCH3 is 1. The van der Waals surface area contributed by atoms with Crippen molar-refractivity contribution in [2.45, 2.75) is 37.9 Å². The van der Waals surface area contributed by atoms with Crippen molar-refractivity contribution < 1.29 is 19.0 Å². The molecule has 1 aliphatic rings. The van der Waals surface area contributed by atoms with Gasteiger partial charge in [-0.2, -0.15) is 0 Å². The molecule has 2 atom stereocenters. The highest BCUT2D eigenvalue weighted by Gasteiger charge is 2.34. The third kappa shape index (κ3) is 2.82. The maximum Gasteiger partial charge on any atom is 0.168 e. The molecule has 0 bridgehead atoms. The summed E-state index contributed by atoms with van der Waals surface area (Å²) in [6, 6.07) is 5.01. The average molecular weight is 254 g/mol. The van der Waals surface area contributed by atoms with E-state index in [1.54, 1.807) is 18.2 Å². The minimum atomic E-state index is -0.884. The van der Waals surface area contributed by atoms with E-state index in [-0.39, 0.29) is 17.7 Å². The van der Waals surface area contributed by atoms with Gasteiger partial charge >= 0.3 is 0 Å². The fourth-order valence-electron chi connectivity index (χ4n) is 2.51. The first kappa shape index (κ1) is 13.3. The van der Waals surface area contributed by atoms with Crippen molar-refractivity contribution in [1.82, 2.24) is 0 Å². The van der Waals surface area contributed by atoms with Crippen molar-refractivity contribution in [3.8, 4) is 5.75 Å². The Labute approximate surface area is 107 Å². The summed E-state index contributed by atoms with van der Waals surface area (Å²) in [5, 5.41) is 10.5. The van der Waals surface area contributed by atoms with Crippen LogP contribution < -0.4 is 4.74 Å². The van der Waals surface area contributed by atoms with Crippen LogP contribution in [-0.2, 0) is 11.2 Å². The predicted molar refractivity (Wildman–Crippen MR) is 66.3 cm³/mol. The molecule has 0 aromatic heterocycles.